The smallest absolute Gasteiger partial charge is 0.267 e. The Balaban J connectivity index is 3.68. The van der Waals surface area contributed by atoms with E-state index in [9.17, 15) is 8.42 Å². The average Bonchev–Trinajstić information content (AvgIpc) is 2.13. The van der Waals surface area contributed by atoms with E-state index < -0.39 is 10.1 Å². The van der Waals surface area contributed by atoms with E-state index in [1.165, 1.54) is 0 Å². The van der Waals surface area contributed by atoms with Crippen molar-refractivity contribution in [2.75, 3.05) is 19.4 Å². The van der Waals surface area contributed by atoms with E-state index in [2.05, 4.69) is 9.18 Å². The fourth-order valence-electron chi connectivity index (χ4n) is 0.754. The summed E-state index contributed by atoms with van der Waals surface area (Å²) in [6.07, 6.45) is 2.87. The third-order valence-corrected chi connectivity index (χ3v) is 2.70. The molecule has 0 aliphatic carbocycles. The van der Waals surface area contributed by atoms with Gasteiger partial charge in [-0.15, -0.1) is 0 Å². The SMILES string of the molecule is C/N=C/CCCS(=O)(=O)OCCC#N. The molecule has 0 heterocycles. The van der Waals surface area contributed by atoms with Gasteiger partial charge in [0.2, 0.25) is 0 Å². The van der Waals surface area contributed by atoms with Crippen molar-refractivity contribution in [1.29, 1.82) is 5.26 Å². The highest BCUT2D eigenvalue weighted by Crippen LogP contribution is 1.99. The van der Waals surface area contributed by atoms with Crippen LogP contribution in [0.25, 0.3) is 0 Å². The lowest BCUT2D eigenvalue weighted by molar-refractivity contribution is 0.326. The molecule has 0 rings (SSSR count). The minimum Gasteiger partial charge on any atom is -0.301 e. The van der Waals surface area contributed by atoms with Gasteiger partial charge in [-0.1, -0.05) is 0 Å². The van der Waals surface area contributed by atoms with Gasteiger partial charge in [-0.05, 0) is 19.1 Å². The third kappa shape index (κ3) is 7.71. The predicted molar refractivity (Wildman–Crippen MR) is 53.6 cm³/mol. The Morgan fingerprint density at radius 2 is 2.29 bits per heavy atom. The van der Waals surface area contributed by atoms with Crippen LogP contribution in [0.2, 0.25) is 0 Å². The summed E-state index contributed by atoms with van der Waals surface area (Å²) < 4.78 is 26.7. The molecule has 0 aromatic rings. The van der Waals surface area contributed by atoms with Crippen LogP contribution < -0.4 is 0 Å². The predicted octanol–water partition coefficient (Wildman–Crippen LogP) is 0.727. The van der Waals surface area contributed by atoms with Gasteiger partial charge in [0, 0.05) is 7.05 Å². The molecule has 0 unspecified atom stereocenters. The first-order valence-electron chi connectivity index (χ1n) is 4.27. The van der Waals surface area contributed by atoms with Crippen LogP contribution in [0.4, 0.5) is 0 Å². The van der Waals surface area contributed by atoms with Gasteiger partial charge >= 0.3 is 0 Å². The van der Waals surface area contributed by atoms with E-state index in [-0.39, 0.29) is 18.8 Å². The molecule has 0 aromatic carbocycles. The molecule has 0 fully saturated rings. The van der Waals surface area contributed by atoms with Gasteiger partial charge in [-0.3, -0.25) is 4.18 Å². The highest BCUT2D eigenvalue weighted by molar-refractivity contribution is 7.86. The molecule has 0 aromatic heterocycles. The number of unbranched alkanes of at least 4 members (excludes halogenated alkanes) is 1. The van der Waals surface area contributed by atoms with Crippen molar-refractivity contribution >= 4 is 16.3 Å². The summed E-state index contributed by atoms with van der Waals surface area (Å²) in [7, 11) is -1.81. The summed E-state index contributed by atoms with van der Waals surface area (Å²) in [6, 6.07) is 1.81. The topological polar surface area (TPSA) is 79.5 Å². The molecule has 0 saturated heterocycles. The Labute approximate surface area is 84.5 Å². The lowest BCUT2D eigenvalue weighted by Crippen LogP contribution is -2.11. The molecule has 80 valence electrons. The normalized spacial score (nSPS) is 11.7. The van der Waals surface area contributed by atoms with Crippen LogP contribution in [0, 0.1) is 11.3 Å². The van der Waals surface area contributed by atoms with Crippen molar-refractivity contribution in [3.63, 3.8) is 0 Å². The number of hydrogen-bond acceptors (Lipinski definition) is 5. The zero-order chi connectivity index (χ0) is 10.9. The zero-order valence-electron chi connectivity index (χ0n) is 8.14. The lowest BCUT2D eigenvalue weighted by Gasteiger charge is -2.01. The summed E-state index contributed by atoms with van der Waals surface area (Å²) in [5, 5.41) is 8.17. The van der Waals surface area contributed by atoms with Crippen molar-refractivity contribution in [3.8, 4) is 6.07 Å². The van der Waals surface area contributed by atoms with Gasteiger partial charge in [0.25, 0.3) is 10.1 Å². The van der Waals surface area contributed by atoms with Gasteiger partial charge in [-0.25, -0.2) is 0 Å². The number of rotatable bonds is 7. The van der Waals surface area contributed by atoms with Gasteiger partial charge in [-0.2, -0.15) is 13.7 Å². The molecular formula is C8H14N2O3S. The highest BCUT2D eigenvalue weighted by Gasteiger charge is 2.09. The number of nitriles is 1. The van der Waals surface area contributed by atoms with Crippen LogP contribution in [0.5, 0.6) is 0 Å². The van der Waals surface area contributed by atoms with E-state index in [1.54, 1.807) is 19.3 Å². The molecule has 14 heavy (non-hydrogen) atoms. The van der Waals surface area contributed by atoms with Crippen molar-refractivity contribution < 1.29 is 12.6 Å². The summed E-state index contributed by atoms with van der Waals surface area (Å²) in [6.45, 7) is -0.0549. The van der Waals surface area contributed by atoms with E-state index in [0.717, 1.165) is 0 Å². The van der Waals surface area contributed by atoms with Crippen LogP contribution in [0.3, 0.4) is 0 Å². The van der Waals surface area contributed by atoms with Gasteiger partial charge in [0.1, 0.15) is 0 Å². The summed E-state index contributed by atoms with van der Waals surface area (Å²) in [4.78, 5) is 3.73. The molecule has 0 aliphatic heterocycles. The molecule has 0 atom stereocenters. The van der Waals surface area contributed by atoms with E-state index in [0.29, 0.717) is 12.8 Å². The van der Waals surface area contributed by atoms with Gasteiger partial charge in [0.15, 0.2) is 0 Å². The largest absolute Gasteiger partial charge is 0.301 e. The average molecular weight is 218 g/mol. The van der Waals surface area contributed by atoms with Crippen LogP contribution in [0.1, 0.15) is 19.3 Å². The Kier molecular flexibility index (Phi) is 6.98. The molecule has 0 saturated carbocycles. The van der Waals surface area contributed by atoms with Gasteiger partial charge < -0.3 is 4.99 Å². The van der Waals surface area contributed by atoms with E-state index >= 15 is 0 Å². The van der Waals surface area contributed by atoms with Crippen molar-refractivity contribution in [2.24, 2.45) is 4.99 Å². The van der Waals surface area contributed by atoms with E-state index in [4.69, 9.17) is 5.26 Å². The Hall–Kier alpha value is -0.930. The molecule has 0 aliphatic rings. The first kappa shape index (κ1) is 13.1. The summed E-state index contributed by atoms with van der Waals surface area (Å²) in [5.74, 6) is -0.0234. The minimum absolute atomic E-state index is 0.0234. The number of hydrogen-bond donors (Lipinski definition) is 0. The molecule has 0 N–H and O–H groups in total. The van der Waals surface area contributed by atoms with Crippen LogP contribution >= 0.6 is 0 Å². The standard InChI is InChI=1S/C8H14N2O3S/c1-10-6-2-3-8-14(11,12)13-7-4-5-9/h6H,2-4,7-8H2,1H3/b10-6+. The maximum absolute atomic E-state index is 11.1. The monoisotopic (exact) mass is 218 g/mol. The van der Waals surface area contributed by atoms with Crippen LogP contribution in [-0.4, -0.2) is 34.0 Å². The minimum atomic E-state index is -3.45. The Morgan fingerprint density at radius 1 is 1.57 bits per heavy atom. The van der Waals surface area contributed by atoms with Crippen LogP contribution in [-0.2, 0) is 14.3 Å². The van der Waals surface area contributed by atoms with Crippen molar-refractivity contribution in [1.82, 2.24) is 0 Å². The number of nitrogens with zero attached hydrogens (tertiary/aromatic N) is 2. The molecule has 0 radical (unpaired) electrons. The number of aliphatic imine (C=N–C) groups is 1. The van der Waals surface area contributed by atoms with Crippen LogP contribution in [0.15, 0.2) is 4.99 Å². The fraction of sp³-hybridized carbons (Fsp3) is 0.750. The zero-order valence-corrected chi connectivity index (χ0v) is 8.96. The third-order valence-electron chi connectivity index (χ3n) is 1.39. The van der Waals surface area contributed by atoms with Crippen molar-refractivity contribution in [3.05, 3.63) is 0 Å². The summed E-state index contributed by atoms with van der Waals surface area (Å²) in [5.41, 5.74) is 0. The maximum Gasteiger partial charge on any atom is 0.267 e. The highest BCUT2D eigenvalue weighted by atomic mass is 32.2. The molecule has 0 spiro atoms. The second-order valence-corrected chi connectivity index (χ2v) is 4.33. The molecule has 6 heteroatoms. The Bertz CT molecular complexity index is 303. The van der Waals surface area contributed by atoms with E-state index in [1.807, 2.05) is 0 Å². The maximum atomic E-state index is 11.1. The first-order valence-corrected chi connectivity index (χ1v) is 5.85. The molecule has 5 nitrogen and oxygen atoms in total. The first-order chi connectivity index (χ1) is 6.62. The molecule has 0 bridgehead atoms. The molecule has 0 amide bonds. The van der Waals surface area contributed by atoms with Crippen molar-refractivity contribution in [2.45, 2.75) is 19.3 Å². The summed E-state index contributed by atoms with van der Waals surface area (Å²) >= 11 is 0. The van der Waals surface area contributed by atoms with Gasteiger partial charge in [0.05, 0.1) is 24.8 Å². The second kappa shape index (κ2) is 7.47. The lowest BCUT2D eigenvalue weighted by atomic mass is 10.4. The Morgan fingerprint density at radius 3 is 2.86 bits per heavy atom. The molecular weight excluding hydrogens is 204 g/mol. The fourth-order valence-corrected chi connectivity index (χ4v) is 1.73. The second-order valence-electron chi connectivity index (χ2n) is 2.57. The quantitative estimate of drug-likeness (QED) is 0.358.